The van der Waals surface area contributed by atoms with E-state index in [-0.39, 0.29) is 18.0 Å². The van der Waals surface area contributed by atoms with E-state index in [4.69, 9.17) is 4.98 Å². The van der Waals surface area contributed by atoms with Gasteiger partial charge in [0, 0.05) is 17.6 Å². The van der Waals surface area contributed by atoms with Gasteiger partial charge in [-0.25, -0.2) is 9.67 Å². The van der Waals surface area contributed by atoms with Gasteiger partial charge in [-0.05, 0) is 33.8 Å². The molecule has 0 saturated heterocycles. The van der Waals surface area contributed by atoms with Gasteiger partial charge in [-0.1, -0.05) is 30.3 Å². The maximum atomic E-state index is 12.7. The molecule has 0 fully saturated rings. The molecule has 0 aliphatic carbocycles. The van der Waals surface area contributed by atoms with Crippen LogP contribution in [0.4, 0.5) is 0 Å². The number of amides is 1. The van der Waals surface area contributed by atoms with Crippen LogP contribution in [0.15, 0.2) is 42.6 Å². The van der Waals surface area contributed by atoms with Gasteiger partial charge in [0.05, 0.1) is 22.8 Å². The average Bonchev–Trinajstić information content (AvgIpc) is 2.98. The van der Waals surface area contributed by atoms with E-state index in [9.17, 15) is 4.79 Å². The van der Waals surface area contributed by atoms with Gasteiger partial charge in [0.1, 0.15) is 0 Å². The van der Waals surface area contributed by atoms with Crippen molar-refractivity contribution in [3.63, 3.8) is 0 Å². The van der Waals surface area contributed by atoms with Crippen molar-refractivity contribution >= 4 is 16.9 Å². The predicted octanol–water partition coefficient (Wildman–Crippen LogP) is 3.82. The van der Waals surface area contributed by atoms with Crippen LogP contribution in [0.3, 0.4) is 0 Å². The number of hydrogen-bond acceptors (Lipinski definition) is 3. The van der Waals surface area contributed by atoms with Gasteiger partial charge in [0.2, 0.25) is 0 Å². The van der Waals surface area contributed by atoms with Crippen molar-refractivity contribution in [2.75, 3.05) is 0 Å². The summed E-state index contributed by atoms with van der Waals surface area (Å²) in [4.78, 5) is 17.4. The molecule has 0 unspecified atom stereocenters. The fourth-order valence-electron chi connectivity index (χ4n) is 2.68. The van der Waals surface area contributed by atoms with Gasteiger partial charge in [-0.3, -0.25) is 4.79 Å². The Balaban J connectivity index is 2.23. The lowest BCUT2D eigenvalue weighted by Gasteiger charge is -2.12. The normalized spacial score (nSPS) is 11.4. The Morgan fingerprint density at radius 2 is 1.83 bits per heavy atom. The quantitative estimate of drug-likeness (QED) is 0.794. The molecule has 0 aliphatic heterocycles. The first-order valence-electron chi connectivity index (χ1n) is 8.22. The zero-order valence-electron chi connectivity index (χ0n) is 14.4. The van der Waals surface area contributed by atoms with Crippen LogP contribution < -0.4 is 5.32 Å². The maximum absolute atomic E-state index is 12.7. The summed E-state index contributed by atoms with van der Waals surface area (Å²) in [5.41, 5.74) is 3.11. The SMILES string of the molecule is CC(C)NC(=O)c1cc(-c2ccccc2)nc2c1cnn2C(C)C. The van der Waals surface area contributed by atoms with Crippen LogP contribution >= 0.6 is 0 Å². The van der Waals surface area contributed by atoms with Gasteiger partial charge in [0.25, 0.3) is 5.91 Å². The van der Waals surface area contributed by atoms with Gasteiger partial charge >= 0.3 is 0 Å². The van der Waals surface area contributed by atoms with Crippen LogP contribution in [0, 0.1) is 0 Å². The Hall–Kier alpha value is -2.69. The van der Waals surface area contributed by atoms with Crippen LogP contribution in [-0.2, 0) is 0 Å². The third-order valence-electron chi connectivity index (χ3n) is 3.79. The molecule has 124 valence electrons. The van der Waals surface area contributed by atoms with Gasteiger partial charge in [0.15, 0.2) is 5.65 Å². The molecule has 2 heterocycles. The van der Waals surface area contributed by atoms with E-state index in [0.29, 0.717) is 5.56 Å². The molecule has 0 aliphatic rings. The highest BCUT2D eigenvalue weighted by atomic mass is 16.1. The molecule has 3 aromatic rings. The van der Waals surface area contributed by atoms with Crippen LogP contribution in [-0.4, -0.2) is 26.7 Å². The first-order valence-corrected chi connectivity index (χ1v) is 8.22. The van der Waals surface area contributed by atoms with Crippen LogP contribution in [0.25, 0.3) is 22.3 Å². The number of aromatic nitrogens is 3. The largest absolute Gasteiger partial charge is 0.350 e. The van der Waals surface area contributed by atoms with Gasteiger partial charge < -0.3 is 5.32 Å². The standard InChI is InChI=1S/C19H22N4O/c1-12(2)21-19(24)15-10-17(14-8-6-5-7-9-14)22-18-16(15)11-20-23(18)13(3)4/h5-13H,1-4H3,(H,21,24). The number of carbonyl (C=O) groups is 1. The molecule has 24 heavy (non-hydrogen) atoms. The van der Waals surface area contributed by atoms with Crippen molar-refractivity contribution in [3.05, 3.63) is 48.2 Å². The molecule has 5 nitrogen and oxygen atoms in total. The molecule has 5 heteroatoms. The summed E-state index contributed by atoms with van der Waals surface area (Å²) in [6, 6.07) is 12.0. The average molecular weight is 322 g/mol. The number of pyridine rings is 1. The summed E-state index contributed by atoms with van der Waals surface area (Å²) in [5, 5.41) is 8.17. The molecule has 0 atom stereocenters. The van der Waals surface area contributed by atoms with Crippen LogP contribution in [0.2, 0.25) is 0 Å². The highest BCUT2D eigenvalue weighted by Gasteiger charge is 2.18. The molecule has 1 N–H and O–H groups in total. The summed E-state index contributed by atoms with van der Waals surface area (Å²) in [5.74, 6) is -0.0992. The summed E-state index contributed by atoms with van der Waals surface area (Å²) >= 11 is 0. The number of carbonyl (C=O) groups excluding carboxylic acids is 1. The molecule has 0 bridgehead atoms. The minimum absolute atomic E-state index is 0.0704. The Labute approximate surface area is 141 Å². The highest BCUT2D eigenvalue weighted by molar-refractivity contribution is 6.06. The summed E-state index contributed by atoms with van der Waals surface area (Å²) in [7, 11) is 0. The number of benzene rings is 1. The Morgan fingerprint density at radius 1 is 1.12 bits per heavy atom. The smallest absolute Gasteiger partial charge is 0.252 e. The zero-order chi connectivity index (χ0) is 17.3. The van der Waals surface area contributed by atoms with Crippen molar-refractivity contribution in [2.24, 2.45) is 0 Å². The van der Waals surface area contributed by atoms with E-state index < -0.39 is 0 Å². The van der Waals surface area contributed by atoms with Crippen molar-refractivity contribution in [3.8, 4) is 11.3 Å². The Bertz CT molecular complexity index is 866. The maximum Gasteiger partial charge on any atom is 0.252 e. The molecule has 2 aromatic heterocycles. The zero-order valence-corrected chi connectivity index (χ0v) is 14.4. The van der Waals surface area contributed by atoms with Crippen molar-refractivity contribution in [1.29, 1.82) is 0 Å². The van der Waals surface area contributed by atoms with Crippen molar-refractivity contribution in [2.45, 2.75) is 39.8 Å². The number of rotatable bonds is 4. The lowest BCUT2D eigenvalue weighted by Crippen LogP contribution is -2.30. The first kappa shape index (κ1) is 16.2. The molecule has 3 rings (SSSR count). The van der Waals surface area contributed by atoms with Gasteiger partial charge in [-0.2, -0.15) is 5.10 Å². The lowest BCUT2D eigenvalue weighted by molar-refractivity contribution is 0.0944. The third kappa shape index (κ3) is 3.02. The molecular formula is C19H22N4O. The number of fused-ring (bicyclic) bond motifs is 1. The summed E-state index contributed by atoms with van der Waals surface area (Å²) < 4.78 is 1.86. The molecule has 1 aromatic carbocycles. The van der Waals surface area contributed by atoms with E-state index in [2.05, 4.69) is 24.3 Å². The molecule has 1 amide bonds. The van der Waals surface area contributed by atoms with Crippen LogP contribution in [0.1, 0.15) is 44.1 Å². The Kier molecular flexibility index (Phi) is 4.34. The van der Waals surface area contributed by atoms with E-state index in [0.717, 1.165) is 22.3 Å². The highest BCUT2D eigenvalue weighted by Crippen LogP contribution is 2.26. The van der Waals surface area contributed by atoms with E-state index in [1.54, 1.807) is 6.20 Å². The molecule has 0 spiro atoms. The predicted molar refractivity (Wildman–Crippen MR) is 96.0 cm³/mol. The fraction of sp³-hybridized carbons (Fsp3) is 0.316. The van der Waals surface area contributed by atoms with E-state index in [1.807, 2.05) is 54.9 Å². The lowest BCUT2D eigenvalue weighted by atomic mass is 10.1. The second-order valence-corrected chi connectivity index (χ2v) is 6.47. The van der Waals surface area contributed by atoms with Gasteiger partial charge in [-0.15, -0.1) is 0 Å². The van der Waals surface area contributed by atoms with Crippen molar-refractivity contribution in [1.82, 2.24) is 20.1 Å². The molecule has 0 radical (unpaired) electrons. The summed E-state index contributed by atoms with van der Waals surface area (Å²) in [6.07, 6.45) is 1.73. The minimum atomic E-state index is -0.0992. The third-order valence-corrected chi connectivity index (χ3v) is 3.79. The minimum Gasteiger partial charge on any atom is -0.350 e. The van der Waals surface area contributed by atoms with E-state index in [1.165, 1.54) is 0 Å². The second kappa shape index (κ2) is 6.43. The number of nitrogens with zero attached hydrogens (tertiary/aromatic N) is 3. The second-order valence-electron chi connectivity index (χ2n) is 6.47. The monoisotopic (exact) mass is 322 g/mol. The number of hydrogen-bond donors (Lipinski definition) is 1. The fourth-order valence-corrected chi connectivity index (χ4v) is 2.68. The number of nitrogens with one attached hydrogen (secondary N) is 1. The summed E-state index contributed by atoms with van der Waals surface area (Å²) in [6.45, 7) is 8.01. The molecule has 0 saturated carbocycles. The Morgan fingerprint density at radius 3 is 2.46 bits per heavy atom. The first-order chi connectivity index (χ1) is 11.5. The van der Waals surface area contributed by atoms with Crippen LogP contribution in [0.5, 0.6) is 0 Å². The molecular weight excluding hydrogens is 300 g/mol. The van der Waals surface area contributed by atoms with E-state index >= 15 is 0 Å². The topological polar surface area (TPSA) is 59.8 Å². The van der Waals surface area contributed by atoms with Crippen molar-refractivity contribution < 1.29 is 4.79 Å².